The minimum absolute atomic E-state index is 0.0863. The monoisotopic (exact) mass is 337 g/mol. The number of nitrogens with one attached hydrogen (secondary N) is 1. The quantitative estimate of drug-likeness (QED) is 0.664. The van der Waals surface area contributed by atoms with Crippen molar-refractivity contribution >= 4 is 34.9 Å². The third-order valence-electron chi connectivity index (χ3n) is 3.81. The number of carboxylic acids is 1. The lowest BCUT2D eigenvalue weighted by Gasteiger charge is -2.29. The van der Waals surface area contributed by atoms with Gasteiger partial charge in [-0.1, -0.05) is 17.7 Å². The summed E-state index contributed by atoms with van der Waals surface area (Å²) in [5, 5.41) is 24.9. The Morgan fingerprint density at radius 3 is 2.61 bits per heavy atom. The molecule has 0 radical (unpaired) electrons. The number of nitro groups is 1. The van der Waals surface area contributed by atoms with Gasteiger partial charge in [0.2, 0.25) is 5.91 Å². The molecule has 0 fully saturated rings. The van der Waals surface area contributed by atoms with Crippen LogP contribution in [0.15, 0.2) is 29.3 Å². The maximum absolute atomic E-state index is 12.4. The summed E-state index contributed by atoms with van der Waals surface area (Å²) in [5.74, 6) is -3.59. The Labute approximate surface area is 137 Å². The summed E-state index contributed by atoms with van der Waals surface area (Å²) < 4.78 is 0. The standard InChI is InChI=1S/C15H15ClN2O5/c1-8-6-10(18(22)23)3-5-13(8)17-14(19)12-7-9(16)2-4-11(12)15(20)21/h2-3,5-6,11-12H,4,7H2,1H3,(H,17,19)(H,20,21)/p-1/t11-,12-/m1/s1. The normalized spacial score (nSPS) is 20.5. The number of hydrogen-bond donors (Lipinski definition) is 1. The molecule has 0 unspecified atom stereocenters. The molecule has 0 aliphatic heterocycles. The topological polar surface area (TPSA) is 112 Å². The Balaban J connectivity index is 2.19. The van der Waals surface area contributed by atoms with E-state index < -0.39 is 28.6 Å². The van der Waals surface area contributed by atoms with Crippen molar-refractivity contribution < 1.29 is 19.6 Å². The van der Waals surface area contributed by atoms with Crippen LogP contribution in [0.1, 0.15) is 18.4 Å². The summed E-state index contributed by atoms with van der Waals surface area (Å²) in [6.45, 7) is 1.62. The SMILES string of the molecule is Cc1cc([N+](=O)[O-])ccc1NC(=O)[C@@H]1CC(Cl)=CC[C@H]1C(=O)[O-]. The Morgan fingerprint density at radius 1 is 1.35 bits per heavy atom. The first kappa shape index (κ1) is 17.0. The van der Waals surface area contributed by atoms with Crippen LogP contribution in [0.5, 0.6) is 0 Å². The van der Waals surface area contributed by atoms with Crippen LogP contribution in [0.4, 0.5) is 11.4 Å². The van der Waals surface area contributed by atoms with Gasteiger partial charge in [0.15, 0.2) is 0 Å². The lowest BCUT2D eigenvalue weighted by Crippen LogP contribution is -2.42. The number of amides is 1. The van der Waals surface area contributed by atoms with Gasteiger partial charge in [0.25, 0.3) is 5.69 Å². The average Bonchev–Trinajstić information content (AvgIpc) is 2.48. The molecule has 0 bridgehead atoms. The van der Waals surface area contributed by atoms with E-state index in [9.17, 15) is 24.8 Å². The first-order valence-corrected chi connectivity index (χ1v) is 7.28. The van der Waals surface area contributed by atoms with Gasteiger partial charge in [0.05, 0.1) is 10.8 Å². The third kappa shape index (κ3) is 3.87. The van der Waals surface area contributed by atoms with Gasteiger partial charge in [0.1, 0.15) is 0 Å². The van der Waals surface area contributed by atoms with E-state index in [4.69, 9.17) is 11.6 Å². The molecule has 8 heteroatoms. The number of nitrogens with zero attached hydrogens (tertiary/aromatic N) is 1. The van der Waals surface area contributed by atoms with Crippen molar-refractivity contribution in [1.82, 2.24) is 0 Å². The van der Waals surface area contributed by atoms with Crippen molar-refractivity contribution in [3.63, 3.8) is 0 Å². The molecule has 1 aliphatic carbocycles. The number of non-ortho nitro benzene ring substituents is 1. The van der Waals surface area contributed by atoms with Gasteiger partial charge in [-0.15, -0.1) is 0 Å². The predicted octanol–water partition coefficient (Wildman–Crippen LogP) is 1.74. The molecular formula is C15H14ClN2O5-. The van der Waals surface area contributed by atoms with Gasteiger partial charge in [-0.05, 0) is 31.4 Å². The molecule has 0 saturated carbocycles. The Kier molecular flexibility index (Phi) is 5.00. The van der Waals surface area contributed by atoms with E-state index in [1.807, 2.05) is 0 Å². The van der Waals surface area contributed by atoms with Crippen molar-refractivity contribution in [3.05, 3.63) is 45.0 Å². The molecule has 0 heterocycles. The zero-order chi connectivity index (χ0) is 17.1. The highest BCUT2D eigenvalue weighted by molar-refractivity contribution is 6.29. The van der Waals surface area contributed by atoms with E-state index in [0.717, 1.165) is 0 Å². The first-order chi connectivity index (χ1) is 10.8. The first-order valence-electron chi connectivity index (χ1n) is 6.91. The van der Waals surface area contributed by atoms with Gasteiger partial charge in [0, 0.05) is 34.7 Å². The number of anilines is 1. The summed E-state index contributed by atoms with van der Waals surface area (Å²) in [7, 11) is 0. The van der Waals surface area contributed by atoms with Crippen LogP contribution in [0.2, 0.25) is 0 Å². The van der Waals surface area contributed by atoms with E-state index in [1.165, 1.54) is 18.2 Å². The molecule has 0 aromatic heterocycles. The molecule has 1 amide bonds. The number of carbonyl (C=O) groups is 2. The summed E-state index contributed by atoms with van der Waals surface area (Å²) in [4.78, 5) is 33.7. The number of hydrogen-bond acceptors (Lipinski definition) is 5. The molecule has 0 saturated heterocycles. The number of rotatable bonds is 4. The minimum Gasteiger partial charge on any atom is -0.550 e. The minimum atomic E-state index is -1.30. The number of aryl methyl sites for hydroxylation is 1. The number of carboxylic acid groups (broad SMARTS) is 1. The molecule has 1 N–H and O–H groups in total. The fourth-order valence-electron chi connectivity index (χ4n) is 2.52. The molecule has 23 heavy (non-hydrogen) atoms. The second kappa shape index (κ2) is 6.78. The van der Waals surface area contributed by atoms with Crippen LogP contribution in [-0.2, 0) is 9.59 Å². The van der Waals surface area contributed by atoms with Crippen molar-refractivity contribution in [2.75, 3.05) is 5.32 Å². The van der Waals surface area contributed by atoms with Crippen LogP contribution >= 0.6 is 11.6 Å². The molecule has 122 valence electrons. The summed E-state index contributed by atoms with van der Waals surface area (Å²) in [6.07, 6.45) is 1.83. The van der Waals surface area contributed by atoms with Crippen LogP contribution in [0.3, 0.4) is 0 Å². The molecule has 1 aromatic rings. The smallest absolute Gasteiger partial charge is 0.269 e. The molecule has 7 nitrogen and oxygen atoms in total. The van der Waals surface area contributed by atoms with Gasteiger partial charge < -0.3 is 15.2 Å². The van der Waals surface area contributed by atoms with E-state index in [1.54, 1.807) is 13.0 Å². The Bertz CT molecular complexity index is 701. The maximum Gasteiger partial charge on any atom is 0.269 e. The second-order valence-corrected chi connectivity index (χ2v) is 5.85. The van der Waals surface area contributed by atoms with Gasteiger partial charge in [-0.2, -0.15) is 0 Å². The highest BCUT2D eigenvalue weighted by Crippen LogP contribution is 2.33. The molecule has 2 rings (SSSR count). The number of allylic oxidation sites excluding steroid dienone is 2. The van der Waals surface area contributed by atoms with Crippen molar-refractivity contribution in [2.24, 2.45) is 11.8 Å². The predicted molar refractivity (Wildman–Crippen MR) is 81.6 cm³/mol. The van der Waals surface area contributed by atoms with Crippen molar-refractivity contribution in [3.8, 4) is 0 Å². The fourth-order valence-corrected chi connectivity index (χ4v) is 2.77. The van der Waals surface area contributed by atoms with Crippen molar-refractivity contribution in [1.29, 1.82) is 0 Å². The molecule has 1 aromatic carbocycles. The van der Waals surface area contributed by atoms with Gasteiger partial charge >= 0.3 is 0 Å². The number of benzene rings is 1. The van der Waals surface area contributed by atoms with Crippen LogP contribution in [-0.4, -0.2) is 16.8 Å². The fraction of sp³-hybridized carbons (Fsp3) is 0.333. The lowest BCUT2D eigenvalue weighted by molar-refractivity contribution is -0.384. The van der Waals surface area contributed by atoms with E-state index in [2.05, 4.69) is 5.32 Å². The Hall–Kier alpha value is -2.41. The zero-order valence-electron chi connectivity index (χ0n) is 12.2. The highest BCUT2D eigenvalue weighted by Gasteiger charge is 2.32. The molecular weight excluding hydrogens is 324 g/mol. The number of nitro benzene ring substituents is 1. The molecule has 1 aliphatic rings. The Morgan fingerprint density at radius 2 is 2.04 bits per heavy atom. The van der Waals surface area contributed by atoms with E-state index in [0.29, 0.717) is 16.3 Å². The molecule has 0 spiro atoms. The third-order valence-corrected chi connectivity index (χ3v) is 4.12. The van der Waals surface area contributed by atoms with Gasteiger partial charge in [-0.25, -0.2) is 0 Å². The summed E-state index contributed by atoms with van der Waals surface area (Å²) in [6, 6.07) is 4.02. The number of halogens is 1. The van der Waals surface area contributed by atoms with Crippen LogP contribution in [0.25, 0.3) is 0 Å². The van der Waals surface area contributed by atoms with Crippen LogP contribution in [0, 0.1) is 28.9 Å². The average molecular weight is 338 g/mol. The number of aliphatic carboxylic acids is 1. The summed E-state index contributed by atoms with van der Waals surface area (Å²) in [5.41, 5.74) is 0.815. The van der Waals surface area contributed by atoms with Crippen molar-refractivity contribution in [2.45, 2.75) is 19.8 Å². The number of carbonyl (C=O) groups excluding carboxylic acids is 2. The van der Waals surface area contributed by atoms with Crippen LogP contribution < -0.4 is 10.4 Å². The highest BCUT2D eigenvalue weighted by atomic mass is 35.5. The van der Waals surface area contributed by atoms with E-state index in [-0.39, 0.29) is 18.5 Å². The largest absolute Gasteiger partial charge is 0.550 e. The van der Waals surface area contributed by atoms with E-state index >= 15 is 0 Å². The maximum atomic E-state index is 12.4. The lowest BCUT2D eigenvalue weighted by atomic mass is 9.82. The molecule has 2 atom stereocenters. The summed E-state index contributed by atoms with van der Waals surface area (Å²) >= 11 is 5.91. The second-order valence-electron chi connectivity index (χ2n) is 5.37. The van der Waals surface area contributed by atoms with Gasteiger partial charge in [-0.3, -0.25) is 14.9 Å². The zero-order valence-corrected chi connectivity index (χ0v) is 13.0.